The highest BCUT2D eigenvalue weighted by Gasteiger charge is 1.98. The van der Waals surface area contributed by atoms with Crippen LogP contribution in [0.4, 0.5) is 0 Å². The molecule has 88 valence electrons. The van der Waals surface area contributed by atoms with Crippen molar-refractivity contribution in [3.8, 4) is 6.07 Å². The van der Waals surface area contributed by atoms with Gasteiger partial charge in [0.2, 0.25) is 0 Å². The molecule has 0 aromatic heterocycles. The van der Waals surface area contributed by atoms with Crippen molar-refractivity contribution in [3.63, 3.8) is 0 Å². The maximum atomic E-state index is 10.7. The molecule has 0 spiro atoms. The Kier molecular flexibility index (Phi) is 4.16. The first-order chi connectivity index (χ1) is 8.81. The van der Waals surface area contributed by atoms with E-state index in [1.165, 1.54) is 0 Å². The van der Waals surface area contributed by atoms with E-state index in [2.05, 4.69) is 6.07 Å². The minimum atomic E-state index is 0.673. The summed E-state index contributed by atoms with van der Waals surface area (Å²) in [4.78, 5) is 11.7. The van der Waals surface area contributed by atoms with Gasteiger partial charge in [0.05, 0.1) is 11.6 Å². The predicted molar refractivity (Wildman–Crippen MR) is 72.5 cm³/mol. The molecule has 0 atom stereocenters. The van der Waals surface area contributed by atoms with E-state index in [-0.39, 0.29) is 0 Å². The van der Waals surface area contributed by atoms with Crippen molar-refractivity contribution in [2.45, 2.75) is 10.6 Å². The number of rotatable bonds is 4. The third-order valence-corrected chi connectivity index (χ3v) is 3.55. The highest BCUT2D eigenvalue weighted by atomic mass is 32.2. The number of aldehydes is 1. The van der Waals surface area contributed by atoms with Gasteiger partial charge in [-0.2, -0.15) is 5.26 Å². The Balaban J connectivity index is 2.02. The molecule has 0 radical (unpaired) electrons. The molecule has 0 heterocycles. The molecule has 0 saturated heterocycles. The topological polar surface area (TPSA) is 40.9 Å². The fourth-order valence-corrected chi connectivity index (χ4v) is 2.44. The first-order valence-electron chi connectivity index (χ1n) is 5.49. The molecule has 0 N–H and O–H groups in total. The van der Waals surface area contributed by atoms with Crippen LogP contribution in [0.1, 0.15) is 21.5 Å². The quantitative estimate of drug-likeness (QED) is 0.616. The van der Waals surface area contributed by atoms with Crippen molar-refractivity contribution in [3.05, 3.63) is 65.2 Å². The molecule has 2 aromatic carbocycles. The Morgan fingerprint density at radius 2 is 1.94 bits per heavy atom. The van der Waals surface area contributed by atoms with Crippen LogP contribution in [0.25, 0.3) is 0 Å². The van der Waals surface area contributed by atoms with Crippen LogP contribution in [0.15, 0.2) is 53.4 Å². The van der Waals surface area contributed by atoms with E-state index >= 15 is 0 Å². The van der Waals surface area contributed by atoms with Gasteiger partial charge in [-0.15, -0.1) is 11.8 Å². The summed E-state index contributed by atoms with van der Waals surface area (Å²) in [6.07, 6.45) is 0.853. The number of nitriles is 1. The first-order valence-corrected chi connectivity index (χ1v) is 6.47. The van der Waals surface area contributed by atoms with Gasteiger partial charge < -0.3 is 0 Å². The van der Waals surface area contributed by atoms with Crippen molar-refractivity contribution >= 4 is 18.0 Å². The van der Waals surface area contributed by atoms with E-state index < -0.39 is 0 Å². The van der Waals surface area contributed by atoms with Gasteiger partial charge in [0.15, 0.2) is 0 Å². The van der Waals surface area contributed by atoms with Gasteiger partial charge in [0.1, 0.15) is 6.29 Å². The molecule has 0 aliphatic heterocycles. The number of nitrogens with zero attached hydrogens (tertiary/aromatic N) is 1. The van der Waals surface area contributed by atoms with Gasteiger partial charge >= 0.3 is 0 Å². The van der Waals surface area contributed by atoms with Crippen molar-refractivity contribution < 1.29 is 4.79 Å². The summed E-state index contributed by atoms with van der Waals surface area (Å²) in [7, 11) is 0. The molecule has 0 bridgehead atoms. The normalized spacial score (nSPS) is 9.72. The van der Waals surface area contributed by atoms with Crippen LogP contribution in [0.3, 0.4) is 0 Å². The van der Waals surface area contributed by atoms with Gasteiger partial charge in [-0.05, 0) is 29.8 Å². The van der Waals surface area contributed by atoms with Gasteiger partial charge in [-0.25, -0.2) is 0 Å². The highest BCUT2D eigenvalue weighted by Crippen LogP contribution is 2.23. The third-order valence-electron chi connectivity index (χ3n) is 2.48. The van der Waals surface area contributed by atoms with Crippen LogP contribution >= 0.6 is 11.8 Å². The Morgan fingerprint density at radius 3 is 2.61 bits per heavy atom. The zero-order valence-corrected chi connectivity index (χ0v) is 10.5. The fourth-order valence-electron chi connectivity index (χ4n) is 1.52. The maximum Gasteiger partial charge on any atom is 0.150 e. The van der Waals surface area contributed by atoms with Crippen molar-refractivity contribution in [2.75, 3.05) is 0 Å². The number of thioether (sulfide) groups is 1. The van der Waals surface area contributed by atoms with E-state index in [0.717, 1.165) is 22.5 Å². The summed E-state index contributed by atoms with van der Waals surface area (Å²) in [5, 5.41) is 8.71. The molecule has 2 nitrogen and oxygen atoms in total. The molecular formula is C15H11NOS. The van der Waals surface area contributed by atoms with Crippen LogP contribution in [0.2, 0.25) is 0 Å². The summed E-state index contributed by atoms with van der Waals surface area (Å²) in [6.45, 7) is 0. The zero-order chi connectivity index (χ0) is 12.8. The molecule has 0 aliphatic carbocycles. The maximum absolute atomic E-state index is 10.7. The summed E-state index contributed by atoms with van der Waals surface area (Å²) < 4.78 is 0. The summed E-state index contributed by atoms with van der Waals surface area (Å²) in [5.41, 5.74) is 2.53. The lowest BCUT2D eigenvalue weighted by molar-refractivity contribution is 0.112. The molecule has 0 amide bonds. The number of carbonyl (C=O) groups excluding carboxylic acids is 1. The smallest absolute Gasteiger partial charge is 0.150 e. The van der Waals surface area contributed by atoms with E-state index in [9.17, 15) is 4.79 Å². The number of hydrogen-bond donors (Lipinski definition) is 0. The zero-order valence-electron chi connectivity index (χ0n) is 9.67. The lowest BCUT2D eigenvalue weighted by Gasteiger charge is -2.02. The number of benzene rings is 2. The average Bonchev–Trinajstić information content (AvgIpc) is 2.46. The summed E-state index contributed by atoms with van der Waals surface area (Å²) in [5.74, 6) is 0.827. The van der Waals surface area contributed by atoms with Crippen molar-refractivity contribution in [2.24, 2.45) is 0 Å². The van der Waals surface area contributed by atoms with E-state index in [0.29, 0.717) is 11.1 Å². The van der Waals surface area contributed by atoms with Crippen LogP contribution < -0.4 is 0 Å². The Bertz CT molecular complexity index is 584. The van der Waals surface area contributed by atoms with Crippen molar-refractivity contribution in [1.82, 2.24) is 0 Å². The van der Waals surface area contributed by atoms with Gasteiger partial charge in [0, 0.05) is 16.2 Å². The van der Waals surface area contributed by atoms with E-state index in [1.807, 2.05) is 42.5 Å². The highest BCUT2D eigenvalue weighted by molar-refractivity contribution is 7.98. The second kappa shape index (κ2) is 6.04. The summed E-state index contributed by atoms with van der Waals surface area (Å²) >= 11 is 1.67. The molecule has 0 saturated carbocycles. The lowest BCUT2D eigenvalue weighted by Crippen LogP contribution is -1.83. The van der Waals surface area contributed by atoms with E-state index in [4.69, 9.17) is 5.26 Å². The Labute approximate surface area is 110 Å². The van der Waals surface area contributed by atoms with Crippen LogP contribution in [-0.2, 0) is 5.75 Å². The molecule has 3 heteroatoms. The third kappa shape index (κ3) is 3.22. The minimum absolute atomic E-state index is 0.673. The number of carbonyl (C=O) groups is 1. The monoisotopic (exact) mass is 253 g/mol. The molecule has 0 aliphatic rings. The molecule has 0 fully saturated rings. The van der Waals surface area contributed by atoms with Crippen LogP contribution in [0, 0.1) is 11.3 Å². The summed E-state index contributed by atoms with van der Waals surface area (Å²) in [6, 6.07) is 17.2. The standard InChI is InChI=1S/C15H11NOS/c16-9-12-4-6-13(7-5-12)11-18-15-3-1-2-14(8-15)10-17/h1-8,10H,11H2. The largest absolute Gasteiger partial charge is 0.298 e. The van der Waals surface area contributed by atoms with Gasteiger partial charge in [-0.3, -0.25) is 4.79 Å². The second-order valence-electron chi connectivity index (χ2n) is 3.79. The van der Waals surface area contributed by atoms with Crippen LogP contribution in [0.5, 0.6) is 0 Å². The predicted octanol–water partition coefficient (Wildman–Crippen LogP) is 3.66. The molecule has 0 unspecified atom stereocenters. The average molecular weight is 253 g/mol. The Morgan fingerprint density at radius 1 is 1.17 bits per heavy atom. The van der Waals surface area contributed by atoms with Gasteiger partial charge in [-0.1, -0.05) is 24.3 Å². The Hall–Kier alpha value is -2.05. The lowest BCUT2D eigenvalue weighted by atomic mass is 10.2. The number of hydrogen-bond acceptors (Lipinski definition) is 3. The first kappa shape index (κ1) is 12.4. The molecule has 2 aromatic rings. The molecule has 18 heavy (non-hydrogen) atoms. The van der Waals surface area contributed by atoms with Crippen LogP contribution in [-0.4, -0.2) is 6.29 Å². The SMILES string of the molecule is N#Cc1ccc(CSc2cccc(C=O)c2)cc1. The van der Waals surface area contributed by atoms with E-state index in [1.54, 1.807) is 17.8 Å². The van der Waals surface area contributed by atoms with Gasteiger partial charge in [0.25, 0.3) is 0 Å². The molecule has 2 rings (SSSR count). The fraction of sp³-hybridized carbons (Fsp3) is 0.0667. The molecular weight excluding hydrogens is 242 g/mol. The van der Waals surface area contributed by atoms with Crippen molar-refractivity contribution in [1.29, 1.82) is 5.26 Å². The second-order valence-corrected chi connectivity index (χ2v) is 4.84. The minimum Gasteiger partial charge on any atom is -0.298 e.